The quantitative estimate of drug-likeness (QED) is 0.653. The first kappa shape index (κ1) is 17.2. The van der Waals surface area contributed by atoms with E-state index >= 15 is 0 Å². The van der Waals surface area contributed by atoms with Gasteiger partial charge in [-0.05, 0) is 25.0 Å². The van der Waals surface area contributed by atoms with Crippen molar-refractivity contribution in [2.24, 2.45) is 0 Å². The van der Waals surface area contributed by atoms with Gasteiger partial charge in [0, 0.05) is 30.0 Å². The zero-order valence-corrected chi connectivity index (χ0v) is 16.0. The summed E-state index contributed by atoms with van der Waals surface area (Å²) in [5.74, 6) is 2.19. The van der Waals surface area contributed by atoms with Crippen LogP contribution in [0.25, 0.3) is 11.3 Å². The van der Waals surface area contributed by atoms with Gasteiger partial charge in [-0.15, -0.1) is 11.3 Å². The van der Waals surface area contributed by atoms with E-state index in [1.807, 2.05) is 18.2 Å². The number of rotatable bonds is 4. The SMILES string of the molecule is COc1ccccc1-c1csc(C2CCN(c3cncc(Cl)n3)CC2)n1. The predicted octanol–water partition coefficient (Wildman–Crippen LogP) is 4.65. The normalized spacial score (nSPS) is 15.2. The number of para-hydroxylation sites is 1. The molecule has 1 aliphatic heterocycles. The number of aromatic nitrogens is 3. The van der Waals surface area contributed by atoms with Crippen LogP contribution in [0.4, 0.5) is 5.82 Å². The van der Waals surface area contributed by atoms with E-state index < -0.39 is 0 Å². The van der Waals surface area contributed by atoms with Crippen molar-refractivity contribution in [3.8, 4) is 17.0 Å². The molecular weight excluding hydrogens is 368 g/mol. The molecule has 26 heavy (non-hydrogen) atoms. The molecule has 5 nitrogen and oxygen atoms in total. The summed E-state index contributed by atoms with van der Waals surface area (Å²) < 4.78 is 5.46. The van der Waals surface area contributed by atoms with Crippen LogP contribution >= 0.6 is 22.9 Å². The highest BCUT2D eigenvalue weighted by molar-refractivity contribution is 7.10. The van der Waals surface area contributed by atoms with Gasteiger partial charge in [0.1, 0.15) is 16.7 Å². The Balaban J connectivity index is 1.46. The van der Waals surface area contributed by atoms with Gasteiger partial charge < -0.3 is 9.64 Å². The van der Waals surface area contributed by atoms with Gasteiger partial charge in [-0.1, -0.05) is 23.7 Å². The van der Waals surface area contributed by atoms with Crippen LogP contribution in [0, 0.1) is 0 Å². The molecule has 0 radical (unpaired) electrons. The number of hydrogen-bond donors (Lipinski definition) is 0. The summed E-state index contributed by atoms with van der Waals surface area (Å²) in [6.07, 6.45) is 5.43. The standard InChI is InChI=1S/C19H19ClN4OS/c1-25-16-5-3-2-4-14(16)15-12-26-19(22-15)13-6-8-24(9-7-13)18-11-21-10-17(20)23-18/h2-5,10-13H,6-9H2,1H3. The van der Waals surface area contributed by atoms with Crippen molar-refractivity contribution in [2.45, 2.75) is 18.8 Å². The lowest BCUT2D eigenvalue weighted by Crippen LogP contribution is -2.33. The molecule has 1 aliphatic rings. The Morgan fingerprint density at radius 1 is 1.15 bits per heavy atom. The van der Waals surface area contributed by atoms with Crippen molar-refractivity contribution < 1.29 is 4.74 Å². The van der Waals surface area contributed by atoms with E-state index in [1.165, 1.54) is 5.01 Å². The zero-order chi connectivity index (χ0) is 17.9. The van der Waals surface area contributed by atoms with Gasteiger partial charge in [0.2, 0.25) is 0 Å². The van der Waals surface area contributed by atoms with E-state index in [9.17, 15) is 0 Å². The van der Waals surface area contributed by atoms with Crippen LogP contribution in [0.2, 0.25) is 5.15 Å². The Morgan fingerprint density at radius 2 is 1.96 bits per heavy atom. The highest BCUT2D eigenvalue weighted by Crippen LogP contribution is 2.36. The highest BCUT2D eigenvalue weighted by Gasteiger charge is 2.24. The van der Waals surface area contributed by atoms with Gasteiger partial charge in [0.05, 0.1) is 30.2 Å². The molecule has 134 valence electrons. The number of halogens is 1. The van der Waals surface area contributed by atoms with Gasteiger partial charge in [-0.25, -0.2) is 9.97 Å². The van der Waals surface area contributed by atoms with Crippen LogP contribution in [-0.2, 0) is 0 Å². The monoisotopic (exact) mass is 386 g/mol. The molecule has 0 atom stereocenters. The second-order valence-electron chi connectivity index (χ2n) is 6.23. The van der Waals surface area contributed by atoms with Gasteiger partial charge in [-0.3, -0.25) is 4.98 Å². The van der Waals surface area contributed by atoms with Crippen LogP contribution in [-0.4, -0.2) is 35.2 Å². The fourth-order valence-corrected chi connectivity index (χ4v) is 4.43. The molecule has 7 heteroatoms. The lowest BCUT2D eigenvalue weighted by Gasteiger charge is -2.31. The summed E-state index contributed by atoms with van der Waals surface area (Å²) in [5, 5.41) is 3.76. The Hall–Kier alpha value is -2.18. The molecule has 1 aromatic carbocycles. The van der Waals surface area contributed by atoms with Crippen LogP contribution in [0.5, 0.6) is 5.75 Å². The largest absolute Gasteiger partial charge is 0.496 e. The molecule has 0 aliphatic carbocycles. The Bertz CT molecular complexity index is 893. The molecule has 0 spiro atoms. The molecule has 2 aromatic heterocycles. The molecule has 0 unspecified atom stereocenters. The summed E-state index contributed by atoms with van der Waals surface area (Å²) >= 11 is 7.69. The average molecular weight is 387 g/mol. The van der Waals surface area contributed by atoms with E-state index in [-0.39, 0.29) is 0 Å². The van der Waals surface area contributed by atoms with Gasteiger partial charge in [0.15, 0.2) is 0 Å². The molecule has 0 N–H and O–H groups in total. The highest BCUT2D eigenvalue weighted by atomic mass is 35.5. The van der Waals surface area contributed by atoms with Crippen molar-refractivity contribution in [3.63, 3.8) is 0 Å². The second kappa shape index (κ2) is 7.60. The fourth-order valence-electron chi connectivity index (χ4n) is 3.30. The molecule has 0 amide bonds. The second-order valence-corrected chi connectivity index (χ2v) is 7.51. The number of benzene rings is 1. The average Bonchev–Trinajstić information content (AvgIpc) is 3.18. The molecule has 3 heterocycles. The summed E-state index contributed by atoms with van der Waals surface area (Å²) in [7, 11) is 1.70. The Kier molecular flexibility index (Phi) is 5.04. The maximum atomic E-state index is 5.96. The van der Waals surface area contributed by atoms with E-state index in [0.717, 1.165) is 48.8 Å². The van der Waals surface area contributed by atoms with E-state index in [4.69, 9.17) is 21.3 Å². The molecule has 0 saturated carbocycles. The fraction of sp³-hybridized carbons (Fsp3) is 0.316. The lowest BCUT2D eigenvalue weighted by molar-refractivity contribution is 0.416. The minimum atomic E-state index is 0.436. The summed E-state index contributed by atoms with van der Waals surface area (Å²) in [6.45, 7) is 1.87. The molecule has 1 fully saturated rings. The van der Waals surface area contributed by atoms with E-state index in [2.05, 4.69) is 26.3 Å². The zero-order valence-electron chi connectivity index (χ0n) is 14.4. The third-order valence-electron chi connectivity index (χ3n) is 4.67. The minimum Gasteiger partial charge on any atom is -0.496 e. The third kappa shape index (κ3) is 3.52. The number of methoxy groups -OCH3 is 1. The van der Waals surface area contributed by atoms with Crippen LogP contribution in [0.1, 0.15) is 23.8 Å². The predicted molar refractivity (Wildman–Crippen MR) is 105 cm³/mol. The Morgan fingerprint density at radius 3 is 2.73 bits per heavy atom. The van der Waals surface area contributed by atoms with E-state index in [1.54, 1.807) is 30.8 Å². The van der Waals surface area contributed by atoms with Crippen LogP contribution in [0.15, 0.2) is 42.0 Å². The van der Waals surface area contributed by atoms with Gasteiger partial charge in [-0.2, -0.15) is 0 Å². The molecule has 4 rings (SSSR count). The summed E-state index contributed by atoms with van der Waals surface area (Å²) in [4.78, 5) is 15.6. The van der Waals surface area contributed by atoms with Crippen LogP contribution < -0.4 is 9.64 Å². The Labute approximate surface area is 161 Å². The third-order valence-corrected chi connectivity index (χ3v) is 5.85. The number of ether oxygens (including phenoxy) is 1. The maximum Gasteiger partial charge on any atom is 0.149 e. The van der Waals surface area contributed by atoms with Crippen molar-refractivity contribution >= 4 is 28.8 Å². The topological polar surface area (TPSA) is 51.1 Å². The number of hydrogen-bond acceptors (Lipinski definition) is 6. The molecular formula is C19H19ClN4OS. The van der Waals surface area contributed by atoms with Crippen molar-refractivity contribution in [2.75, 3.05) is 25.1 Å². The van der Waals surface area contributed by atoms with Gasteiger partial charge in [0.25, 0.3) is 0 Å². The maximum absolute atomic E-state index is 5.96. The first-order chi connectivity index (χ1) is 12.7. The lowest BCUT2D eigenvalue weighted by atomic mass is 9.97. The number of nitrogens with zero attached hydrogens (tertiary/aromatic N) is 4. The number of piperidine rings is 1. The van der Waals surface area contributed by atoms with E-state index in [0.29, 0.717) is 11.1 Å². The molecule has 1 saturated heterocycles. The molecule has 3 aromatic rings. The summed E-state index contributed by atoms with van der Waals surface area (Å²) in [6, 6.07) is 8.02. The smallest absolute Gasteiger partial charge is 0.149 e. The molecule has 0 bridgehead atoms. The minimum absolute atomic E-state index is 0.436. The first-order valence-corrected chi connectivity index (χ1v) is 9.81. The van der Waals surface area contributed by atoms with Crippen molar-refractivity contribution in [3.05, 3.63) is 52.2 Å². The summed E-state index contributed by atoms with van der Waals surface area (Å²) in [5.41, 5.74) is 2.04. The van der Waals surface area contributed by atoms with Crippen molar-refractivity contribution in [1.82, 2.24) is 15.0 Å². The number of thiazole rings is 1. The van der Waals surface area contributed by atoms with Crippen LogP contribution in [0.3, 0.4) is 0 Å². The first-order valence-electron chi connectivity index (χ1n) is 8.56. The number of anilines is 1. The van der Waals surface area contributed by atoms with Gasteiger partial charge >= 0.3 is 0 Å². The van der Waals surface area contributed by atoms with Crippen molar-refractivity contribution in [1.29, 1.82) is 0 Å².